The lowest BCUT2D eigenvalue weighted by molar-refractivity contribution is 0.426. The summed E-state index contributed by atoms with van der Waals surface area (Å²) in [5.41, 5.74) is 1.36. The molecule has 2 aromatic rings. The number of aromatic amines is 1. The molecule has 5 heteroatoms. The van der Waals surface area contributed by atoms with Crippen molar-refractivity contribution in [2.24, 2.45) is 0 Å². The van der Waals surface area contributed by atoms with Gasteiger partial charge in [-0.3, -0.25) is 5.10 Å². The van der Waals surface area contributed by atoms with Crippen LogP contribution in [0, 0.1) is 0 Å². The van der Waals surface area contributed by atoms with E-state index in [4.69, 9.17) is 10.0 Å². The minimum Gasteiger partial charge on any atom is -0.423 e. The molecule has 0 radical (unpaired) electrons. The monoisotopic (exact) mass is 164 g/mol. The molecule has 0 fully saturated rings. The van der Waals surface area contributed by atoms with Crippen LogP contribution in [-0.2, 0) is 0 Å². The van der Waals surface area contributed by atoms with E-state index >= 15 is 0 Å². The average molecular weight is 164 g/mol. The zero-order valence-electron chi connectivity index (χ0n) is 6.23. The molecular formula is C7H9BN2O2. The Balaban J connectivity index is 0.000000845. The fourth-order valence-corrected chi connectivity index (χ4v) is 1.12. The molecule has 0 atom stereocenters. The van der Waals surface area contributed by atoms with Crippen molar-refractivity contribution in [2.75, 3.05) is 0 Å². The summed E-state index contributed by atoms with van der Waals surface area (Å²) < 4.78 is 0. The molecule has 2 rings (SSSR count). The normalized spacial score (nSPS) is 10.5. The standard InChI is InChI=1S/C7H7BN2O2.H2/c11-8(12)6-1-2-7-5(3-6)4-9-10-7;/h1-4,11-12H,(H,9,10);1H. The number of hydrogen-bond donors (Lipinski definition) is 3. The smallest absolute Gasteiger partial charge is 0.423 e. The molecular weight excluding hydrogens is 155 g/mol. The fourth-order valence-electron chi connectivity index (χ4n) is 1.12. The van der Waals surface area contributed by atoms with E-state index in [1.165, 1.54) is 0 Å². The first-order chi connectivity index (χ1) is 5.77. The topological polar surface area (TPSA) is 69.1 Å². The fraction of sp³-hybridized carbons (Fsp3) is 0. The molecule has 0 aliphatic heterocycles. The molecule has 1 heterocycles. The first-order valence-corrected chi connectivity index (χ1v) is 3.56. The summed E-state index contributed by atoms with van der Waals surface area (Å²) in [5.74, 6) is 0. The molecule has 0 unspecified atom stereocenters. The Hall–Kier alpha value is -1.33. The van der Waals surface area contributed by atoms with Crippen molar-refractivity contribution < 1.29 is 11.5 Å². The van der Waals surface area contributed by atoms with Gasteiger partial charge in [-0.25, -0.2) is 0 Å². The summed E-state index contributed by atoms with van der Waals surface area (Å²) in [6.45, 7) is 0. The van der Waals surface area contributed by atoms with Crippen molar-refractivity contribution in [1.82, 2.24) is 10.2 Å². The molecule has 1 aromatic heterocycles. The molecule has 0 aliphatic rings. The number of fused-ring (bicyclic) bond motifs is 1. The number of hydrogen-bond acceptors (Lipinski definition) is 3. The second-order valence-corrected chi connectivity index (χ2v) is 2.59. The van der Waals surface area contributed by atoms with Crippen LogP contribution >= 0.6 is 0 Å². The van der Waals surface area contributed by atoms with Gasteiger partial charge < -0.3 is 10.0 Å². The highest BCUT2D eigenvalue weighted by atomic mass is 16.4. The van der Waals surface area contributed by atoms with Crippen LogP contribution in [0.25, 0.3) is 10.9 Å². The summed E-state index contributed by atoms with van der Waals surface area (Å²) in [6.07, 6.45) is 1.64. The van der Waals surface area contributed by atoms with Crippen molar-refractivity contribution in [3.63, 3.8) is 0 Å². The lowest BCUT2D eigenvalue weighted by Gasteiger charge is -1.97. The average Bonchev–Trinajstić information content (AvgIpc) is 2.49. The lowest BCUT2D eigenvalue weighted by Crippen LogP contribution is -2.29. The molecule has 0 spiro atoms. The Labute approximate surface area is 70.5 Å². The third-order valence-electron chi connectivity index (χ3n) is 1.76. The van der Waals surface area contributed by atoms with E-state index in [0.717, 1.165) is 10.9 Å². The highest BCUT2D eigenvalue weighted by Gasteiger charge is 2.10. The van der Waals surface area contributed by atoms with Gasteiger partial charge in [-0.1, -0.05) is 12.1 Å². The van der Waals surface area contributed by atoms with Crippen LogP contribution in [0.2, 0.25) is 0 Å². The maximum absolute atomic E-state index is 8.85. The molecule has 1 aromatic carbocycles. The highest BCUT2D eigenvalue weighted by Crippen LogP contribution is 2.06. The first kappa shape index (κ1) is 7.33. The molecule has 0 saturated heterocycles. The van der Waals surface area contributed by atoms with E-state index in [9.17, 15) is 0 Å². The molecule has 0 saturated carbocycles. The van der Waals surface area contributed by atoms with Crippen LogP contribution in [0.3, 0.4) is 0 Å². The summed E-state index contributed by atoms with van der Waals surface area (Å²) in [6, 6.07) is 5.09. The largest absolute Gasteiger partial charge is 0.488 e. The Morgan fingerprint density at radius 3 is 3.00 bits per heavy atom. The number of aromatic nitrogens is 2. The Morgan fingerprint density at radius 2 is 2.25 bits per heavy atom. The van der Waals surface area contributed by atoms with Gasteiger partial charge in [0.2, 0.25) is 0 Å². The van der Waals surface area contributed by atoms with Gasteiger partial charge in [0.05, 0.1) is 11.7 Å². The van der Waals surface area contributed by atoms with Crippen LogP contribution < -0.4 is 5.46 Å². The van der Waals surface area contributed by atoms with E-state index in [1.807, 2.05) is 0 Å². The van der Waals surface area contributed by atoms with Crippen LogP contribution in [0.5, 0.6) is 0 Å². The van der Waals surface area contributed by atoms with Crippen LogP contribution in [-0.4, -0.2) is 27.4 Å². The van der Waals surface area contributed by atoms with Crippen molar-refractivity contribution in [2.45, 2.75) is 0 Å². The van der Waals surface area contributed by atoms with Crippen molar-refractivity contribution in [1.29, 1.82) is 0 Å². The third kappa shape index (κ3) is 1.09. The van der Waals surface area contributed by atoms with Crippen LogP contribution in [0.15, 0.2) is 24.4 Å². The SMILES string of the molecule is OB(O)c1ccc2[nH]ncc2c1.[HH]. The van der Waals surface area contributed by atoms with E-state index in [0.29, 0.717) is 5.46 Å². The van der Waals surface area contributed by atoms with Gasteiger partial charge in [0, 0.05) is 6.81 Å². The number of H-pyrrole nitrogens is 1. The van der Waals surface area contributed by atoms with E-state index in [2.05, 4.69) is 10.2 Å². The molecule has 62 valence electrons. The Bertz CT molecular complexity index is 404. The number of benzene rings is 1. The van der Waals surface area contributed by atoms with Crippen LogP contribution in [0.4, 0.5) is 0 Å². The molecule has 4 nitrogen and oxygen atoms in total. The summed E-state index contributed by atoms with van der Waals surface area (Å²) in [5, 5.41) is 25.2. The van der Waals surface area contributed by atoms with Gasteiger partial charge in [-0.05, 0) is 11.5 Å². The van der Waals surface area contributed by atoms with Crippen molar-refractivity contribution in [3.8, 4) is 0 Å². The predicted molar refractivity (Wildman–Crippen MR) is 48.0 cm³/mol. The maximum Gasteiger partial charge on any atom is 0.488 e. The maximum atomic E-state index is 8.85. The molecule has 0 aliphatic carbocycles. The lowest BCUT2D eigenvalue weighted by atomic mass is 9.80. The molecule has 0 amide bonds. The van der Waals surface area contributed by atoms with E-state index < -0.39 is 7.12 Å². The van der Waals surface area contributed by atoms with Crippen molar-refractivity contribution >= 4 is 23.5 Å². The summed E-state index contributed by atoms with van der Waals surface area (Å²) in [7, 11) is -1.41. The molecule has 12 heavy (non-hydrogen) atoms. The zero-order chi connectivity index (χ0) is 8.55. The zero-order valence-corrected chi connectivity index (χ0v) is 6.23. The number of nitrogens with zero attached hydrogens (tertiary/aromatic N) is 1. The van der Waals surface area contributed by atoms with E-state index in [-0.39, 0.29) is 1.43 Å². The Kier molecular flexibility index (Phi) is 1.60. The van der Waals surface area contributed by atoms with Gasteiger partial charge >= 0.3 is 7.12 Å². The van der Waals surface area contributed by atoms with Gasteiger partial charge in [-0.15, -0.1) is 0 Å². The third-order valence-corrected chi connectivity index (χ3v) is 1.76. The predicted octanol–water partition coefficient (Wildman–Crippen LogP) is -0.511. The molecule has 3 N–H and O–H groups in total. The summed E-state index contributed by atoms with van der Waals surface area (Å²) in [4.78, 5) is 0. The van der Waals surface area contributed by atoms with Crippen molar-refractivity contribution in [3.05, 3.63) is 24.4 Å². The summed E-state index contributed by atoms with van der Waals surface area (Å²) >= 11 is 0. The first-order valence-electron chi connectivity index (χ1n) is 3.56. The second-order valence-electron chi connectivity index (χ2n) is 2.59. The van der Waals surface area contributed by atoms with Crippen LogP contribution in [0.1, 0.15) is 1.43 Å². The van der Waals surface area contributed by atoms with Gasteiger partial charge in [-0.2, -0.15) is 5.10 Å². The van der Waals surface area contributed by atoms with Gasteiger partial charge in [0.15, 0.2) is 0 Å². The molecule has 0 bridgehead atoms. The Morgan fingerprint density at radius 1 is 1.42 bits per heavy atom. The minimum absolute atomic E-state index is 0. The quantitative estimate of drug-likeness (QED) is 0.497. The van der Waals surface area contributed by atoms with E-state index in [1.54, 1.807) is 24.4 Å². The highest BCUT2D eigenvalue weighted by molar-refractivity contribution is 6.58. The van der Waals surface area contributed by atoms with Gasteiger partial charge in [0.1, 0.15) is 0 Å². The van der Waals surface area contributed by atoms with Gasteiger partial charge in [0.25, 0.3) is 0 Å². The second kappa shape index (κ2) is 2.62. The number of nitrogens with one attached hydrogen (secondary N) is 1. The number of rotatable bonds is 1. The minimum atomic E-state index is -1.41.